The highest BCUT2D eigenvalue weighted by atomic mass is 16.6. The quantitative estimate of drug-likeness (QED) is 0.839. The van der Waals surface area contributed by atoms with Gasteiger partial charge in [0.25, 0.3) is 5.91 Å². The Morgan fingerprint density at radius 1 is 1.67 bits per heavy atom. The number of carbonyl (C=O) groups excluding carboxylic acids is 1. The van der Waals surface area contributed by atoms with Gasteiger partial charge in [-0.15, -0.1) is 0 Å². The Balaban J connectivity index is 1.93. The highest BCUT2D eigenvalue weighted by Gasteiger charge is 2.20. The van der Waals surface area contributed by atoms with Gasteiger partial charge in [0.15, 0.2) is 0 Å². The molecule has 1 aliphatic rings. The molecular formula is C12H15N3O3. The molecule has 0 aliphatic carbocycles. The average Bonchev–Trinajstić information content (AvgIpc) is 2.87. The lowest BCUT2D eigenvalue weighted by atomic mass is 10.3. The van der Waals surface area contributed by atoms with Gasteiger partial charge in [-0.05, 0) is 6.07 Å². The third kappa shape index (κ3) is 2.88. The third-order valence-electron chi connectivity index (χ3n) is 2.75. The van der Waals surface area contributed by atoms with Crippen molar-refractivity contribution in [2.24, 2.45) is 0 Å². The van der Waals surface area contributed by atoms with Crippen molar-refractivity contribution in [1.82, 2.24) is 9.88 Å². The molecule has 0 saturated carbocycles. The van der Waals surface area contributed by atoms with Gasteiger partial charge >= 0.3 is 0 Å². The van der Waals surface area contributed by atoms with E-state index in [0.717, 1.165) is 0 Å². The molecule has 1 aliphatic heterocycles. The van der Waals surface area contributed by atoms with Gasteiger partial charge in [-0.1, -0.05) is 0 Å². The van der Waals surface area contributed by atoms with Gasteiger partial charge < -0.3 is 19.4 Å². The van der Waals surface area contributed by atoms with E-state index in [9.17, 15) is 4.79 Å². The van der Waals surface area contributed by atoms with Crippen LogP contribution in [0.25, 0.3) is 0 Å². The van der Waals surface area contributed by atoms with Crippen molar-refractivity contribution in [2.75, 3.05) is 33.4 Å². The molecule has 96 valence electrons. The maximum Gasteiger partial charge on any atom is 0.270 e. The smallest absolute Gasteiger partial charge is 0.270 e. The maximum absolute atomic E-state index is 12.0. The van der Waals surface area contributed by atoms with Crippen LogP contribution in [0.2, 0.25) is 0 Å². The number of ether oxygens (including phenoxy) is 2. The van der Waals surface area contributed by atoms with Crippen molar-refractivity contribution >= 4 is 5.91 Å². The fourth-order valence-corrected chi connectivity index (χ4v) is 1.82. The fourth-order valence-electron chi connectivity index (χ4n) is 1.82. The van der Waals surface area contributed by atoms with E-state index in [-0.39, 0.29) is 12.0 Å². The SMILES string of the molecule is CN(C[C@@H]1COCCO1)C(=O)c1cc(C#N)c[nH]1. The van der Waals surface area contributed by atoms with Gasteiger partial charge in [0.05, 0.1) is 31.5 Å². The number of rotatable bonds is 3. The second-order valence-electron chi connectivity index (χ2n) is 4.17. The highest BCUT2D eigenvalue weighted by Crippen LogP contribution is 2.08. The summed E-state index contributed by atoms with van der Waals surface area (Å²) in [5, 5.41) is 8.70. The summed E-state index contributed by atoms with van der Waals surface area (Å²) in [5.41, 5.74) is 0.856. The molecule has 1 fully saturated rings. The first-order valence-electron chi connectivity index (χ1n) is 5.74. The molecule has 0 radical (unpaired) electrons. The molecule has 1 amide bonds. The zero-order valence-electron chi connectivity index (χ0n) is 10.2. The van der Waals surface area contributed by atoms with E-state index in [2.05, 4.69) is 4.98 Å². The largest absolute Gasteiger partial charge is 0.376 e. The highest BCUT2D eigenvalue weighted by molar-refractivity contribution is 5.92. The van der Waals surface area contributed by atoms with Gasteiger partial charge in [0.1, 0.15) is 11.8 Å². The normalized spacial score (nSPS) is 19.2. The van der Waals surface area contributed by atoms with Crippen LogP contribution < -0.4 is 0 Å². The summed E-state index contributed by atoms with van der Waals surface area (Å²) < 4.78 is 10.8. The zero-order chi connectivity index (χ0) is 13.0. The standard InChI is InChI=1S/C12H15N3O3/c1-15(7-10-8-17-2-3-18-10)12(16)11-4-9(5-13)6-14-11/h4,6,10,14H,2-3,7-8H2,1H3/t10-/m1/s1. The molecule has 0 bridgehead atoms. The number of hydrogen-bond donors (Lipinski definition) is 1. The molecule has 0 aromatic carbocycles. The number of amides is 1. The number of nitrogens with zero attached hydrogens (tertiary/aromatic N) is 2. The number of hydrogen-bond acceptors (Lipinski definition) is 4. The molecule has 1 saturated heterocycles. The van der Waals surface area contributed by atoms with Gasteiger partial charge in [-0.2, -0.15) is 5.26 Å². The first-order chi connectivity index (χ1) is 8.70. The van der Waals surface area contributed by atoms with Crippen LogP contribution in [-0.2, 0) is 9.47 Å². The molecule has 1 aromatic heterocycles. The van der Waals surface area contributed by atoms with E-state index >= 15 is 0 Å². The topological polar surface area (TPSA) is 78.3 Å². The number of likely N-dealkylation sites (N-methyl/N-ethyl adjacent to an activating group) is 1. The van der Waals surface area contributed by atoms with Crippen LogP contribution in [0.3, 0.4) is 0 Å². The second-order valence-corrected chi connectivity index (χ2v) is 4.17. The van der Waals surface area contributed by atoms with Crippen molar-refractivity contribution < 1.29 is 14.3 Å². The van der Waals surface area contributed by atoms with Crippen molar-refractivity contribution in [3.8, 4) is 6.07 Å². The molecular weight excluding hydrogens is 234 g/mol. The van der Waals surface area contributed by atoms with Crippen LogP contribution in [0, 0.1) is 11.3 Å². The zero-order valence-corrected chi connectivity index (χ0v) is 10.2. The Morgan fingerprint density at radius 2 is 2.50 bits per heavy atom. The summed E-state index contributed by atoms with van der Waals surface area (Å²) in [6.07, 6.45) is 1.43. The molecule has 18 heavy (non-hydrogen) atoms. The molecule has 2 heterocycles. The van der Waals surface area contributed by atoms with E-state index in [1.807, 2.05) is 6.07 Å². The van der Waals surface area contributed by atoms with Gasteiger partial charge in [0, 0.05) is 19.8 Å². The molecule has 6 nitrogen and oxygen atoms in total. The van der Waals surface area contributed by atoms with E-state index in [4.69, 9.17) is 14.7 Å². The summed E-state index contributed by atoms with van der Waals surface area (Å²) in [7, 11) is 1.70. The Hall–Kier alpha value is -1.84. The molecule has 1 atom stereocenters. The van der Waals surface area contributed by atoms with Crippen LogP contribution in [0.15, 0.2) is 12.3 Å². The monoisotopic (exact) mass is 249 g/mol. The van der Waals surface area contributed by atoms with E-state index in [1.165, 1.54) is 12.3 Å². The Kier molecular flexibility index (Phi) is 3.97. The first kappa shape index (κ1) is 12.6. The summed E-state index contributed by atoms with van der Waals surface area (Å²) in [6, 6.07) is 3.51. The number of H-pyrrole nitrogens is 1. The predicted octanol–water partition coefficient (Wildman–Crippen LogP) is 0.374. The predicted molar refractivity (Wildman–Crippen MR) is 63.0 cm³/mol. The van der Waals surface area contributed by atoms with Crippen molar-refractivity contribution in [3.63, 3.8) is 0 Å². The Labute approximate surface area is 105 Å². The van der Waals surface area contributed by atoms with Gasteiger partial charge in [-0.3, -0.25) is 4.79 Å². The van der Waals surface area contributed by atoms with E-state index in [1.54, 1.807) is 11.9 Å². The number of nitriles is 1. The van der Waals surface area contributed by atoms with Crippen LogP contribution >= 0.6 is 0 Å². The van der Waals surface area contributed by atoms with Crippen LogP contribution in [-0.4, -0.2) is 55.3 Å². The van der Waals surface area contributed by atoms with Crippen LogP contribution in [0.4, 0.5) is 0 Å². The summed E-state index contributed by atoms with van der Waals surface area (Å²) in [4.78, 5) is 16.4. The molecule has 6 heteroatoms. The lowest BCUT2D eigenvalue weighted by molar-refractivity contribution is -0.0933. The minimum atomic E-state index is -0.161. The molecule has 0 spiro atoms. The Bertz CT molecular complexity index is 457. The van der Waals surface area contributed by atoms with Gasteiger partial charge in [0.2, 0.25) is 0 Å². The molecule has 1 N–H and O–H groups in total. The molecule has 1 aromatic rings. The first-order valence-corrected chi connectivity index (χ1v) is 5.74. The number of aromatic amines is 1. The van der Waals surface area contributed by atoms with Crippen LogP contribution in [0.5, 0.6) is 0 Å². The van der Waals surface area contributed by atoms with Crippen molar-refractivity contribution in [3.05, 3.63) is 23.5 Å². The minimum Gasteiger partial charge on any atom is -0.376 e. The average molecular weight is 249 g/mol. The lowest BCUT2D eigenvalue weighted by Crippen LogP contribution is -2.40. The van der Waals surface area contributed by atoms with Crippen molar-refractivity contribution in [2.45, 2.75) is 6.10 Å². The van der Waals surface area contributed by atoms with Crippen molar-refractivity contribution in [1.29, 1.82) is 5.26 Å². The second kappa shape index (κ2) is 5.67. The summed E-state index contributed by atoms with van der Waals surface area (Å²) >= 11 is 0. The van der Waals surface area contributed by atoms with E-state index < -0.39 is 0 Å². The van der Waals surface area contributed by atoms with Crippen LogP contribution in [0.1, 0.15) is 16.1 Å². The third-order valence-corrected chi connectivity index (χ3v) is 2.75. The summed E-state index contributed by atoms with van der Waals surface area (Å²) in [5.74, 6) is -0.161. The minimum absolute atomic E-state index is 0.0851. The maximum atomic E-state index is 12.0. The number of nitrogens with one attached hydrogen (secondary N) is 1. The summed E-state index contributed by atoms with van der Waals surface area (Å²) in [6.45, 7) is 2.15. The van der Waals surface area contributed by atoms with Gasteiger partial charge in [-0.25, -0.2) is 0 Å². The fraction of sp³-hybridized carbons (Fsp3) is 0.500. The lowest BCUT2D eigenvalue weighted by Gasteiger charge is -2.27. The molecule has 0 unspecified atom stereocenters. The molecule has 2 rings (SSSR count). The van der Waals surface area contributed by atoms with E-state index in [0.29, 0.717) is 37.6 Å². The number of aromatic nitrogens is 1. The Morgan fingerprint density at radius 3 is 3.11 bits per heavy atom. The number of carbonyl (C=O) groups is 1.